The topological polar surface area (TPSA) is 93.1 Å². The van der Waals surface area contributed by atoms with E-state index in [4.69, 9.17) is 14.6 Å². The standard InChI is InChI=1S/C10H19NO6S/c1-11(18(14,15)5-3-4-16-2)9-7-17-6-8(9)10(12)13/h8-9H,3-7H2,1-2H3,(H,12,13). The zero-order valence-corrected chi connectivity index (χ0v) is 11.4. The highest BCUT2D eigenvalue weighted by Gasteiger charge is 2.40. The van der Waals surface area contributed by atoms with E-state index in [1.165, 1.54) is 14.2 Å². The molecule has 1 rings (SSSR count). The zero-order chi connectivity index (χ0) is 13.8. The number of carbonyl (C=O) groups is 1. The monoisotopic (exact) mass is 281 g/mol. The predicted molar refractivity (Wildman–Crippen MR) is 63.8 cm³/mol. The lowest BCUT2D eigenvalue weighted by atomic mass is 10.1. The number of hydrogen-bond acceptors (Lipinski definition) is 5. The number of hydrogen-bond donors (Lipinski definition) is 1. The van der Waals surface area contributed by atoms with Crippen LogP contribution in [0, 0.1) is 5.92 Å². The van der Waals surface area contributed by atoms with Crippen LogP contribution in [0.15, 0.2) is 0 Å². The zero-order valence-electron chi connectivity index (χ0n) is 10.5. The molecule has 1 heterocycles. The molecule has 0 bridgehead atoms. The molecule has 0 spiro atoms. The Kier molecular flexibility index (Phi) is 5.51. The molecule has 0 aromatic carbocycles. The van der Waals surface area contributed by atoms with Crippen LogP contribution in [0.2, 0.25) is 0 Å². The number of rotatable bonds is 7. The number of sulfonamides is 1. The average molecular weight is 281 g/mol. The number of ether oxygens (including phenoxy) is 2. The van der Waals surface area contributed by atoms with Crippen molar-refractivity contribution in [2.24, 2.45) is 5.92 Å². The van der Waals surface area contributed by atoms with Crippen molar-refractivity contribution in [2.75, 3.05) is 39.7 Å². The number of carboxylic acid groups (broad SMARTS) is 1. The molecule has 8 heteroatoms. The minimum atomic E-state index is -3.47. The maximum atomic E-state index is 12.0. The molecule has 2 unspecified atom stereocenters. The van der Waals surface area contributed by atoms with Crippen LogP contribution in [0.5, 0.6) is 0 Å². The van der Waals surface area contributed by atoms with Crippen LogP contribution in [0.3, 0.4) is 0 Å². The summed E-state index contributed by atoms with van der Waals surface area (Å²) in [4.78, 5) is 11.0. The van der Waals surface area contributed by atoms with Gasteiger partial charge in [0.2, 0.25) is 10.0 Å². The van der Waals surface area contributed by atoms with Gasteiger partial charge in [-0.05, 0) is 6.42 Å². The number of aliphatic carboxylic acids is 1. The number of methoxy groups -OCH3 is 1. The Hall–Kier alpha value is -0.700. The molecule has 1 saturated heterocycles. The Labute approximate surface area is 107 Å². The molecular formula is C10H19NO6S. The molecule has 0 radical (unpaired) electrons. The maximum absolute atomic E-state index is 12.0. The third-order valence-electron chi connectivity index (χ3n) is 3.02. The molecule has 1 fully saturated rings. The van der Waals surface area contributed by atoms with E-state index in [0.29, 0.717) is 13.0 Å². The summed E-state index contributed by atoms with van der Waals surface area (Å²) in [5.41, 5.74) is 0. The number of nitrogens with zero attached hydrogens (tertiary/aromatic N) is 1. The normalized spacial score (nSPS) is 24.6. The van der Waals surface area contributed by atoms with Gasteiger partial charge in [-0.2, -0.15) is 4.31 Å². The minimum Gasteiger partial charge on any atom is -0.481 e. The SMILES string of the molecule is COCCCS(=O)(=O)N(C)C1COCC1C(=O)O. The van der Waals surface area contributed by atoms with Crippen LogP contribution in [-0.2, 0) is 24.3 Å². The van der Waals surface area contributed by atoms with Gasteiger partial charge in [-0.3, -0.25) is 4.79 Å². The van der Waals surface area contributed by atoms with E-state index in [1.54, 1.807) is 0 Å². The fraction of sp³-hybridized carbons (Fsp3) is 0.900. The highest BCUT2D eigenvalue weighted by Crippen LogP contribution is 2.21. The highest BCUT2D eigenvalue weighted by atomic mass is 32.2. The molecular weight excluding hydrogens is 262 g/mol. The summed E-state index contributed by atoms with van der Waals surface area (Å²) in [5.74, 6) is -1.89. The quantitative estimate of drug-likeness (QED) is 0.625. The molecule has 106 valence electrons. The number of likely N-dealkylation sites (N-methyl/N-ethyl adjacent to an activating group) is 1. The summed E-state index contributed by atoms with van der Waals surface area (Å²) in [6, 6.07) is -0.630. The van der Waals surface area contributed by atoms with Gasteiger partial charge in [-0.15, -0.1) is 0 Å². The summed E-state index contributed by atoms with van der Waals surface area (Å²) in [6.45, 7) is 0.533. The smallest absolute Gasteiger partial charge is 0.310 e. The van der Waals surface area contributed by atoms with Crippen molar-refractivity contribution >= 4 is 16.0 Å². The first-order valence-electron chi connectivity index (χ1n) is 5.65. The lowest BCUT2D eigenvalue weighted by molar-refractivity contribution is -0.142. The van der Waals surface area contributed by atoms with Gasteiger partial charge < -0.3 is 14.6 Å². The average Bonchev–Trinajstić information content (AvgIpc) is 2.76. The first-order chi connectivity index (χ1) is 8.40. The second kappa shape index (κ2) is 6.46. The van der Waals surface area contributed by atoms with Crippen LogP contribution < -0.4 is 0 Å². The van der Waals surface area contributed by atoms with Crippen molar-refractivity contribution in [3.8, 4) is 0 Å². The molecule has 2 atom stereocenters. The minimum absolute atomic E-state index is 0.0535. The molecule has 1 aliphatic heterocycles. The van der Waals surface area contributed by atoms with Crippen molar-refractivity contribution in [1.82, 2.24) is 4.31 Å². The van der Waals surface area contributed by atoms with Crippen molar-refractivity contribution < 1.29 is 27.8 Å². The lowest BCUT2D eigenvalue weighted by Gasteiger charge is -2.25. The van der Waals surface area contributed by atoms with Crippen molar-refractivity contribution in [3.63, 3.8) is 0 Å². The van der Waals surface area contributed by atoms with Crippen molar-refractivity contribution in [1.29, 1.82) is 0 Å². The summed E-state index contributed by atoms with van der Waals surface area (Å²) in [6.07, 6.45) is 0.383. The molecule has 0 saturated carbocycles. The van der Waals surface area contributed by atoms with E-state index in [1.807, 2.05) is 0 Å². The van der Waals surface area contributed by atoms with E-state index in [0.717, 1.165) is 4.31 Å². The van der Waals surface area contributed by atoms with E-state index in [9.17, 15) is 13.2 Å². The third-order valence-corrected chi connectivity index (χ3v) is 4.98. The van der Waals surface area contributed by atoms with Crippen LogP contribution in [0.25, 0.3) is 0 Å². The van der Waals surface area contributed by atoms with Gasteiger partial charge in [0.15, 0.2) is 0 Å². The number of carboxylic acids is 1. The van der Waals surface area contributed by atoms with Crippen LogP contribution in [0.1, 0.15) is 6.42 Å². The van der Waals surface area contributed by atoms with Gasteiger partial charge in [0.25, 0.3) is 0 Å². The van der Waals surface area contributed by atoms with Crippen LogP contribution >= 0.6 is 0 Å². The molecule has 18 heavy (non-hydrogen) atoms. The molecule has 7 nitrogen and oxygen atoms in total. The molecule has 1 aliphatic rings. The van der Waals surface area contributed by atoms with Gasteiger partial charge in [0.1, 0.15) is 0 Å². The lowest BCUT2D eigenvalue weighted by Crippen LogP contribution is -2.45. The first kappa shape index (κ1) is 15.4. The largest absolute Gasteiger partial charge is 0.481 e. The highest BCUT2D eigenvalue weighted by molar-refractivity contribution is 7.89. The van der Waals surface area contributed by atoms with Gasteiger partial charge in [-0.25, -0.2) is 8.42 Å². The third kappa shape index (κ3) is 3.64. The molecule has 0 aliphatic carbocycles. The molecule has 1 N–H and O–H groups in total. The summed E-state index contributed by atoms with van der Waals surface area (Å²) in [5, 5.41) is 8.99. The second-order valence-corrected chi connectivity index (χ2v) is 6.38. The van der Waals surface area contributed by atoms with Gasteiger partial charge in [0, 0.05) is 20.8 Å². The molecule has 0 amide bonds. The van der Waals surface area contributed by atoms with E-state index in [-0.39, 0.29) is 19.0 Å². The maximum Gasteiger partial charge on any atom is 0.310 e. The first-order valence-corrected chi connectivity index (χ1v) is 7.26. The Morgan fingerprint density at radius 1 is 1.50 bits per heavy atom. The summed E-state index contributed by atoms with van der Waals surface area (Å²) in [7, 11) is -0.571. The van der Waals surface area contributed by atoms with Crippen LogP contribution in [0.4, 0.5) is 0 Å². The summed E-state index contributed by atoms with van der Waals surface area (Å²) >= 11 is 0. The second-order valence-electron chi connectivity index (χ2n) is 4.23. The van der Waals surface area contributed by atoms with Gasteiger partial charge in [-0.1, -0.05) is 0 Å². The van der Waals surface area contributed by atoms with Gasteiger partial charge >= 0.3 is 5.97 Å². The Morgan fingerprint density at radius 2 is 2.17 bits per heavy atom. The Morgan fingerprint density at radius 3 is 2.72 bits per heavy atom. The van der Waals surface area contributed by atoms with E-state index >= 15 is 0 Å². The van der Waals surface area contributed by atoms with Crippen LogP contribution in [-0.4, -0.2) is 69.6 Å². The summed E-state index contributed by atoms with van der Waals surface area (Å²) < 4.78 is 34.9. The fourth-order valence-electron chi connectivity index (χ4n) is 1.87. The van der Waals surface area contributed by atoms with Gasteiger partial charge in [0.05, 0.1) is 30.9 Å². The predicted octanol–water partition coefficient (Wildman–Crippen LogP) is -0.616. The van der Waals surface area contributed by atoms with Crippen molar-refractivity contribution in [2.45, 2.75) is 12.5 Å². The van der Waals surface area contributed by atoms with Crippen molar-refractivity contribution in [3.05, 3.63) is 0 Å². The Bertz CT molecular complexity index is 382. The molecule has 0 aromatic heterocycles. The fourth-order valence-corrected chi connectivity index (χ4v) is 3.26. The molecule has 0 aromatic rings. The van der Waals surface area contributed by atoms with E-state index in [2.05, 4.69) is 0 Å². The Balaban J connectivity index is 2.67. The van der Waals surface area contributed by atoms with E-state index < -0.39 is 28.0 Å².